The SMILES string of the molecule is CN(C)C(=O)CN1CCCN(C(=O)Cc2[nH]nc3ccccc23)CC1. The highest BCUT2D eigenvalue weighted by Crippen LogP contribution is 2.16. The molecule has 2 amide bonds. The van der Waals surface area contributed by atoms with E-state index in [1.54, 1.807) is 19.0 Å². The molecule has 2 heterocycles. The Morgan fingerprint density at radius 2 is 1.96 bits per heavy atom. The van der Waals surface area contributed by atoms with Crippen LogP contribution in [0.15, 0.2) is 24.3 Å². The second-order valence-corrected chi connectivity index (χ2v) is 6.69. The van der Waals surface area contributed by atoms with Crippen molar-refractivity contribution in [3.05, 3.63) is 30.0 Å². The maximum absolute atomic E-state index is 12.7. The van der Waals surface area contributed by atoms with Gasteiger partial charge in [-0.15, -0.1) is 0 Å². The summed E-state index contributed by atoms with van der Waals surface area (Å²) in [5.41, 5.74) is 1.75. The number of fused-ring (bicyclic) bond motifs is 1. The van der Waals surface area contributed by atoms with Crippen molar-refractivity contribution in [1.82, 2.24) is 24.9 Å². The minimum Gasteiger partial charge on any atom is -0.348 e. The van der Waals surface area contributed by atoms with E-state index in [2.05, 4.69) is 15.1 Å². The van der Waals surface area contributed by atoms with Crippen molar-refractivity contribution in [1.29, 1.82) is 0 Å². The van der Waals surface area contributed by atoms with Gasteiger partial charge in [-0.3, -0.25) is 19.6 Å². The molecule has 25 heavy (non-hydrogen) atoms. The van der Waals surface area contributed by atoms with E-state index in [0.29, 0.717) is 19.5 Å². The summed E-state index contributed by atoms with van der Waals surface area (Å²) in [6, 6.07) is 7.81. The zero-order chi connectivity index (χ0) is 17.8. The average Bonchev–Trinajstić information content (AvgIpc) is 2.85. The third-order valence-corrected chi connectivity index (χ3v) is 4.67. The first-order valence-corrected chi connectivity index (χ1v) is 8.67. The van der Waals surface area contributed by atoms with Crippen LogP contribution in [0.1, 0.15) is 12.1 Å². The van der Waals surface area contributed by atoms with Crippen molar-refractivity contribution >= 4 is 22.7 Å². The van der Waals surface area contributed by atoms with Crippen molar-refractivity contribution < 1.29 is 9.59 Å². The average molecular weight is 343 g/mol. The molecule has 0 unspecified atom stereocenters. The molecule has 1 aromatic heterocycles. The smallest absolute Gasteiger partial charge is 0.236 e. The fourth-order valence-corrected chi connectivity index (χ4v) is 3.12. The molecule has 1 fully saturated rings. The highest BCUT2D eigenvalue weighted by molar-refractivity contribution is 5.87. The predicted octanol–water partition coefficient (Wildman–Crippen LogP) is 0.728. The topological polar surface area (TPSA) is 72.5 Å². The normalized spacial score (nSPS) is 16.0. The summed E-state index contributed by atoms with van der Waals surface area (Å²) in [7, 11) is 3.54. The largest absolute Gasteiger partial charge is 0.348 e. The van der Waals surface area contributed by atoms with E-state index in [0.717, 1.165) is 42.7 Å². The molecule has 0 saturated carbocycles. The number of rotatable bonds is 4. The Hall–Kier alpha value is -2.41. The summed E-state index contributed by atoms with van der Waals surface area (Å²) in [4.78, 5) is 30.2. The van der Waals surface area contributed by atoms with Crippen molar-refractivity contribution in [2.75, 3.05) is 46.8 Å². The van der Waals surface area contributed by atoms with E-state index >= 15 is 0 Å². The van der Waals surface area contributed by atoms with Crippen LogP contribution in [0.25, 0.3) is 10.9 Å². The fraction of sp³-hybridized carbons (Fsp3) is 0.500. The van der Waals surface area contributed by atoms with Gasteiger partial charge in [0, 0.05) is 45.7 Å². The molecule has 1 aliphatic rings. The lowest BCUT2D eigenvalue weighted by atomic mass is 10.1. The number of para-hydroxylation sites is 1. The third-order valence-electron chi connectivity index (χ3n) is 4.67. The predicted molar refractivity (Wildman–Crippen MR) is 96.1 cm³/mol. The molecule has 1 aromatic carbocycles. The number of aromatic nitrogens is 2. The van der Waals surface area contributed by atoms with Crippen LogP contribution in [0.3, 0.4) is 0 Å². The number of aromatic amines is 1. The molecule has 2 aromatic rings. The van der Waals surface area contributed by atoms with Crippen LogP contribution in [0.5, 0.6) is 0 Å². The van der Waals surface area contributed by atoms with Crippen LogP contribution in [0.2, 0.25) is 0 Å². The maximum atomic E-state index is 12.7. The van der Waals surface area contributed by atoms with Gasteiger partial charge in [-0.2, -0.15) is 5.10 Å². The van der Waals surface area contributed by atoms with E-state index in [1.807, 2.05) is 29.2 Å². The summed E-state index contributed by atoms with van der Waals surface area (Å²) in [6.07, 6.45) is 1.22. The van der Waals surface area contributed by atoms with E-state index in [1.165, 1.54) is 0 Å². The Morgan fingerprint density at radius 3 is 2.76 bits per heavy atom. The van der Waals surface area contributed by atoms with Gasteiger partial charge in [-0.25, -0.2) is 0 Å². The van der Waals surface area contributed by atoms with Gasteiger partial charge in [0.2, 0.25) is 11.8 Å². The van der Waals surface area contributed by atoms with Crippen molar-refractivity contribution in [3.63, 3.8) is 0 Å². The van der Waals surface area contributed by atoms with E-state index in [-0.39, 0.29) is 11.8 Å². The van der Waals surface area contributed by atoms with Gasteiger partial charge >= 0.3 is 0 Å². The quantitative estimate of drug-likeness (QED) is 0.888. The van der Waals surface area contributed by atoms with Crippen LogP contribution in [-0.4, -0.2) is 83.5 Å². The standard InChI is InChI=1S/C18H25N5O2/c1-21(2)18(25)13-22-8-5-9-23(11-10-22)17(24)12-16-14-6-3-4-7-15(14)19-20-16/h3-4,6-7H,5,8-13H2,1-2H3,(H,19,20). The minimum atomic E-state index is 0.101. The number of nitrogens with zero attached hydrogens (tertiary/aromatic N) is 4. The van der Waals surface area contributed by atoms with E-state index < -0.39 is 0 Å². The lowest BCUT2D eigenvalue weighted by molar-refractivity contribution is -0.130. The number of likely N-dealkylation sites (N-methyl/N-ethyl adjacent to an activating group) is 1. The molecule has 7 nitrogen and oxygen atoms in total. The van der Waals surface area contributed by atoms with Crippen LogP contribution in [-0.2, 0) is 16.0 Å². The zero-order valence-electron chi connectivity index (χ0n) is 14.9. The first-order valence-electron chi connectivity index (χ1n) is 8.67. The van der Waals surface area contributed by atoms with Gasteiger partial charge in [0.05, 0.1) is 24.2 Å². The van der Waals surface area contributed by atoms with E-state index in [9.17, 15) is 9.59 Å². The van der Waals surface area contributed by atoms with Gasteiger partial charge in [0.1, 0.15) is 0 Å². The molecule has 0 radical (unpaired) electrons. The Labute approximate surface area is 147 Å². The number of H-pyrrole nitrogens is 1. The van der Waals surface area contributed by atoms with Gasteiger partial charge in [0.15, 0.2) is 0 Å². The van der Waals surface area contributed by atoms with Crippen LogP contribution in [0.4, 0.5) is 0 Å². The Bertz CT molecular complexity index is 755. The molecular formula is C18H25N5O2. The summed E-state index contributed by atoms with van der Waals surface area (Å²) < 4.78 is 0. The van der Waals surface area contributed by atoms with Gasteiger partial charge in [0.25, 0.3) is 0 Å². The zero-order valence-corrected chi connectivity index (χ0v) is 14.9. The number of benzene rings is 1. The summed E-state index contributed by atoms with van der Waals surface area (Å²) in [6.45, 7) is 3.38. The van der Waals surface area contributed by atoms with Gasteiger partial charge in [-0.1, -0.05) is 18.2 Å². The number of nitrogens with one attached hydrogen (secondary N) is 1. The van der Waals surface area contributed by atoms with Crippen LogP contribution >= 0.6 is 0 Å². The van der Waals surface area contributed by atoms with E-state index in [4.69, 9.17) is 0 Å². The molecule has 0 aliphatic carbocycles. The summed E-state index contributed by atoms with van der Waals surface area (Å²) >= 11 is 0. The van der Waals surface area contributed by atoms with Gasteiger partial charge in [-0.05, 0) is 12.5 Å². The Balaban J connectivity index is 1.59. The van der Waals surface area contributed by atoms with Crippen molar-refractivity contribution in [2.45, 2.75) is 12.8 Å². The molecule has 1 saturated heterocycles. The molecule has 134 valence electrons. The Kier molecular flexibility index (Phi) is 5.33. The van der Waals surface area contributed by atoms with Crippen molar-refractivity contribution in [3.8, 4) is 0 Å². The lowest BCUT2D eigenvalue weighted by Gasteiger charge is -2.22. The summed E-state index contributed by atoms with van der Waals surface area (Å²) in [5, 5.41) is 8.24. The number of carbonyl (C=O) groups is 2. The molecule has 7 heteroatoms. The first kappa shape index (κ1) is 17.4. The molecular weight excluding hydrogens is 318 g/mol. The minimum absolute atomic E-state index is 0.101. The highest BCUT2D eigenvalue weighted by atomic mass is 16.2. The second-order valence-electron chi connectivity index (χ2n) is 6.69. The Morgan fingerprint density at radius 1 is 1.16 bits per heavy atom. The van der Waals surface area contributed by atoms with Gasteiger partial charge < -0.3 is 9.80 Å². The first-order chi connectivity index (χ1) is 12.0. The molecule has 0 atom stereocenters. The molecule has 1 N–H and O–H groups in total. The highest BCUT2D eigenvalue weighted by Gasteiger charge is 2.22. The van der Waals surface area contributed by atoms with Crippen molar-refractivity contribution in [2.24, 2.45) is 0 Å². The fourth-order valence-electron chi connectivity index (χ4n) is 3.12. The number of hydrogen-bond donors (Lipinski definition) is 1. The maximum Gasteiger partial charge on any atom is 0.236 e. The van der Waals surface area contributed by atoms with Crippen LogP contribution < -0.4 is 0 Å². The number of carbonyl (C=O) groups excluding carboxylic acids is 2. The third kappa shape index (κ3) is 4.17. The molecule has 3 rings (SSSR count). The number of hydrogen-bond acceptors (Lipinski definition) is 4. The second kappa shape index (κ2) is 7.65. The summed E-state index contributed by atoms with van der Waals surface area (Å²) in [5.74, 6) is 0.207. The molecule has 0 spiro atoms. The number of amides is 2. The molecule has 1 aliphatic heterocycles. The lowest BCUT2D eigenvalue weighted by Crippen LogP contribution is -2.40. The monoisotopic (exact) mass is 343 g/mol. The van der Waals surface area contributed by atoms with Crippen LogP contribution in [0, 0.1) is 0 Å². The molecule has 0 bridgehead atoms.